The number of nitrogens with zero attached hydrogens (tertiary/aromatic N) is 3. The fraction of sp³-hybridized carbons (Fsp3) is 0.125. The summed E-state index contributed by atoms with van der Waals surface area (Å²) in [6.07, 6.45) is -8.57. The lowest BCUT2D eigenvalue weighted by molar-refractivity contribution is -0.138. The van der Waals surface area contributed by atoms with Crippen LogP contribution in [0, 0.1) is 22.7 Å². The first-order valence-electron chi connectivity index (χ1n) is 10.0. The number of hydrogen-bond donors (Lipinski definition) is 1. The Morgan fingerprint density at radius 1 is 0.889 bits per heavy atom. The van der Waals surface area contributed by atoms with Gasteiger partial charge in [-0.1, -0.05) is 36.4 Å². The second-order valence-electron chi connectivity index (χ2n) is 7.60. The van der Waals surface area contributed by atoms with Gasteiger partial charge in [-0.3, -0.25) is 9.36 Å². The summed E-state index contributed by atoms with van der Waals surface area (Å²) >= 11 is 0.600. The standard InChI is InChI=1S/C24H12F6N4OS/c25-23(26,27)16-7-3-1-5-12(16)9-18-21(35)34-20(33)14(10-31)19(15(11-32)22(34)36-18)13-6-2-4-8-17(13)24(28,29)30/h1-9,19H,33H2/b18-9+. The first-order chi connectivity index (χ1) is 16.9. The van der Waals surface area contributed by atoms with Crippen molar-refractivity contribution in [3.05, 3.63) is 95.9 Å². The van der Waals surface area contributed by atoms with Crippen molar-refractivity contribution in [2.24, 2.45) is 5.73 Å². The molecular weight excluding hydrogens is 506 g/mol. The average molecular weight is 518 g/mol. The van der Waals surface area contributed by atoms with Gasteiger partial charge in [0.2, 0.25) is 0 Å². The van der Waals surface area contributed by atoms with Gasteiger partial charge in [-0.05, 0) is 29.3 Å². The van der Waals surface area contributed by atoms with E-state index in [-0.39, 0.29) is 20.3 Å². The monoisotopic (exact) mass is 518 g/mol. The molecule has 0 saturated carbocycles. The predicted octanol–water partition coefficient (Wildman–Crippen LogP) is 3.90. The number of fused-ring (bicyclic) bond motifs is 1. The molecule has 0 amide bonds. The third-order valence-corrected chi connectivity index (χ3v) is 6.63. The van der Waals surface area contributed by atoms with E-state index in [2.05, 4.69) is 0 Å². The van der Waals surface area contributed by atoms with Crippen molar-refractivity contribution in [3.63, 3.8) is 0 Å². The van der Waals surface area contributed by atoms with Crippen molar-refractivity contribution in [1.29, 1.82) is 10.5 Å². The molecule has 0 fully saturated rings. The maximum atomic E-state index is 13.7. The van der Waals surface area contributed by atoms with Gasteiger partial charge in [-0.15, -0.1) is 11.3 Å². The molecule has 2 aromatic carbocycles. The van der Waals surface area contributed by atoms with E-state index in [0.717, 1.165) is 41.0 Å². The zero-order chi connectivity index (χ0) is 26.4. The number of alkyl halides is 6. The van der Waals surface area contributed by atoms with Gasteiger partial charge in [0.15, 0.2) is 0 Å². The van der Waals surface area contributed by atoms with Gasteiger partial charge in [0.05, 0.1) is 44.9 Å². The third kappa shape index (κ3) is 4.06. The zero-order valence-corrected chi connectivity index (χ0v) is 18.6. The van der Waals surface area contributed by atoms with Crippen LogP contribution in [0.4, 0.5) is 26.3 Å². The minimum absolute atomic E-state index is 0.170. The Balaban J connectivity index is 2.09. The SMILES string of the molecule is N#CC1=C(N)n2c(s/c(=C/c3ccccc3C(F)(F)F)c2=O)=C(C#N)C1c1ccccc1C(F)(F)F. The van der Waals surface area contributed by atoms with Crippen LogP contribution >= 0.6 is 11.3 Å². The Hall–Kier alpha value is -4.29. The second kappa shape index (κ2) is 8.73. The molecule has 5 nitrogen and oxygen atoms in total. The van der Waals surface area contributed by atoms with Gasteiger partial charge in [0.25, 0.3) is 5.56 Å². The number of nitriles is 2. The van der Waals surface area contributed by atoms with E-state index in [0.29, 0.717) is 11.3 Å². The van der Waals surface area contributed by atoms with Crippen LogP contribution in [0.15, 0.2) is 58.9 Å². The molecule has 3 aromatic rings. The van der Waals surface area contributed by atoms with Gasteiger partial charge < -0.3 is 5.73 Å². The van der Waals surface area contributed by atoms with Crippen LogP contribution in [0.5, 0.6) is 0 Å². The lowest BCUT2D eigenvalue weighted by Crippen LogP contribution is -2.38. The van der Waals surface area contributed by atoms with E-state index in [1.54, 1.807) is 12.1 Å². The number of benzene rings is 2. The Morgan fingerprint density at radius 2 is 1.44 bits per heavy atom. The fourth-order valence-electron chi connectivity index (χ4n) is 3.99. The van der Waals surface area contributed by atoms with Gasteiger partial charge >= 0.3 is 12.4 Å². The normalized spacial score (nSPS) is 16.5. The third-order valence-electron chi connectivity index (χ3n) is 5.52. The second-order valence-corrected chi connectivity index (χ2v) is 8.63. The number of nitrogens with two attached hydrogens (primary N) is 1. The maximum Gasteiger partial charge on any atom is 0.416 e. The smallest absolute Gasteiger partial charge is 0.384 e. The molecule has 0 aliphatic carbocycles. The first kappa shape index (κ1) is 24.8. The average Bonchev–Trinajstić information content (AvgIpc) is 3.14. The van der Waals surface area contributed by atoms with E-state index in [1.165, 1.54) is 18.2 Å². The highest BCUT2D eigenvalue weighted by Gasteiger charge is 2.40. The molecular formula is C24H12F6N4OS. The molecule has 36 heavy (non-hydrogen) atoms. The first-order valence-corrected chi connectivity index (χ1v) is 10.8. The van der Waals surface area contributed by atoms with Gasteiger partial charge in [0, 0.05) is 0 Å². The minimum Gasteiger partial charge on any atom is -0.384 e. The zero-order valence-electron chi connectivity index (χ0n) is 17.8. The maximum absolute atomic E-state index is 13.7. The number of halogens is 6. The van der Waals surface area contributed by atoms with Crippen molar-refractivity contribution in [1.82, 2.24) is 4.57 Å². The molecule has 1 aromatic heterocycles. The quantitative estimate of drug-likeness (QED) is 0.521. The predicted molar refractivity (Wildman–Crippen MR) is 119 cm³/mol. The minimum atomic E-state index is -4.82. The van der Waals surface area contributed by atoms with Crippen LogP contribution in [-0.4, -0.2) is 4.57 Å². The molecule has 2 N–H and O–H groups in total. The van der Waals surface area contributed by atoms with Crippen LogP contribution in [0.1, 0.15) is 28.2 Å². The molecule has 12 heteroatoms. The lowest BCUT2D eigenvalue weighted by Gasteiger charge is -2.24. The summed E-state index contributed by atoms with van der Waals surface area (Å²) in [6, 6.07) is 12.3. The van der Waals surface area contributed by atoms with Gasteiger partial charge in [0.1, 0.15) is 10.5 Å². The Morgan fingerprint density at radius 3 is 2.03 bits per heavy atom. The highest BCUT2D eigenvalue weighted by molar-refractivity contribution is 7.07. The van der Waals surface area contributed by atoms with Crippen LogP contribution in [-0.2, 0) is 12.4 Å². The molecule has 182 valence electrons. The molecule has 0 radical (unpaired) electrons. The highest BCUT2D eigenvalue weighted by Crippen LogP contribution is 2.42. The summed E-state index contributed by atoms with van der Waals surface area (Å²) in [5.74, 6) is -2.04. The van der Waals surface area contributed by atoms with Crippen molar-refractivity contribution in [3.8, 4) is 12.1 Å². The molecule has 1 unspecified atom stereocenters. The Bertz CT molecular complexity index is 1680. The van der Waals surface area contributed by atoms with Crippen LogP contribution in [0.2, 0.25) is 0 Å². The molecule has 1 aliphatic heterocycles. The number of hydrogen-bond acceptors (Lipinski definition) is 5. The van der Waals surface area contributed by atoms with Gasteiger partial charge in [-0.2, -0.15) is 36.9 Å². The molecule has 0 saturated heterocycles. The largest absolute Gasteiger partial charge is 0.416 e. The summed E-state index contributed by atoms with van der Waals surface area (Å²) in [5, 5.41) is 19.6. The summed E-state index contributed by atoms with van der Waals surface area (Å²) in [5.41, 5.74) is 1.46. The molecule has 0 spiro atoms. The van der Waals surface area contributed by atoms with Crippen LogP contribution in [0.3, 0.4) is 0 Å². The Kier molecular flexibility index (Phi) is 6.02. The van der Waals surface area contributed by atoms with Gasteiger partial charge in [-0.25, -0.2) is 0 Å². The number of allylic oxidation sites excluding steroid dienone is 1. The fourth-order valence-corrected chi connectivity index (χ4v) is 5.11. The highest BCUT2D eigenvalue weighted by atomic mass is 32.1. The lowest BCUT2D eigenvalue weighted by atomic mass is 9.82. The van der Waals surface area contributed by atoms with Crippen LogP contribution in [0.25, 0.3) is 17.5 Å². The molecule has 2 heterocycles. The van der Waals surface area contributed by atoms with E-state index in [9.17, 15) is 41.7 Å². The van der Waals surface area contributed by atoms with E-state index < -0.39 is 51.9 Å². The van der Waals surface area contributed by atoms with Crippen molar-refractivity contribution in [2.75, 3.05) is 0 Å². The van der Waals surface area contributed by atoms with Crippen LogP contribution < -0.4 is 20.5 Å². The summed E-state index contributed by atoms with van der Waals surface area (Å²) in [7, 11) is 0. The number of aromatic nitrogens is 1. The van der Waals surface area contributed by atoms with E-state index in [4.69, 9.17) is 5.73 Å². The van der Waals surface area contributed by atoms with E-state index in [1.807, 2.05) is 0 Å². The summed E-state index contributed by atoms with van der Waals surface area (Å²) < 4.78 is 81.8. The Labute approximate surface area is 202 Å². The number of thiazole rings is 1. The topological polar surface area (TPSA) is 95.6 Å². The van der Waals surface area contributed by atoms with E-state index >= 15 is 0 Å². The summed E-state index contributed by atoms with van der Waals surface area (Å²) in [4.78, 5) is 13.1. The molecule has 1 atom stereocenters. The van der Waals surface area contributed by atoms with Crippen molar-refractivity contribution >= 4 is 28.8 Å². The van der Waals surface area contributed by atoms with Crippen molar-refractivity contribution in [2.45, 2.75) is 18.3 Å². The molecule has 0 bridgehead atoms. The van der Waals surface area contributed by atoms with Crippen molar-refractivity contribution < 1.29 is 26.3 Å². The molecule has 1 aliphatic rings. The molecule has 4 rings (SSSR count). The summed E-state index contributed by atoms with van der Waals surface area (Å²) in [6.45, 7) is 0. The number of rotatable bonds is 2.